The van der Waals surface area contributed by atoms with Gasteiger partial charge in [0.1, 0.15) is 5.82 Å². The Morgan fingerprint density at radius 1 is 1.56 bits per heavy atom. The van der Waals surface area contributed by atoms with E-state index >= 15 is 0 Å². The first-order valence-corrected chi connectivity index (χ1v) is 5.20. The highest BCUT2D eigenvalue weighted by molar-refractivity contribution is 5.55. The lowest BCUT2D eigenvalue weighted by Gasteiger charge is -2.23. The lowest BCUT2D eigenvalue weighted by atomic mass is 10.1. The molecule has 3 nitrogen and oxygen atoms in total. The second-order valence-corrected chi connectivity index (χ2v) is 3.79. The quantitative estimate of drug-likeness (QED) is 0.848. The zero-order valence-electron chi connectivity index (χ0n) is 9.57. The molecule has 0 heterocycles. The van der Waals surface area contributed by atoms with Crippen molar-refractivity contribution >= 4 is 5.69 Å². The summed E-state index contributed by atoms with van der Waals surface area (Å²) in [4.78, 5) is 1.85. The lowest BCUT2D eigenvalue weighted by molar-refractivity contribution is 0.592. The first kappa shape index (κ1) is 12.5. The maximum Gasteiger partial charge on any atom is 0.130 e. The fourth-order valence-corrected chi connectivity index (χ4v) is 1.65. The van der Waals surface area contributed by atoms with E-state index in [0.29, 0.717) is 18.5 Å². The molecule has 0 bridgehead atoms. The van der Waals surface area contributed by atoms with Crippen LogP contribution in [0.4, 0.5) is 10.1 Å². The number of rotatable bonds is 4. The highest BCUT2D eigenvalue weighted by Crippen LogP contribution is 2.27. The molecule has 1 aromatic rings. The van der Waals surface area contributed by atoms with E-state index in [1.165, 1.54) is 6.07 Å². The van der Waals surface area contributed by atoms with Gasteiger partial charge in [-0.1, -0.05) is 6.07 Å². The Morgan fingerprint density at radius 3 is 2.81 bits per heavy atom. The summed E-state index contributed by atoms with van der Waals surface area (Å²) in [5.41, 5.74) is 7.01. The van der Waals surface area contributed by atoms with Gasteiger partial charge in [0.2, 0.25) is 0 Å². The average Bonchev–Trinajstić information content (AvgIpc) is 2.24. The summed E-state index contributed by atoms with van der Waals surface area (Å²) in [7, 11) is 1.83. The molecule has 1 atom stereocenters. The number of benzene rings is 1. The first-order chi connectivity index (χ1) is 7.57. The van der Waals surface area contributed by atoms with Crippen molar-refractivity contribution in [3.8, 4) is 6.07 Å². The van der Waals surface area contributed by atoms with Crippen molar-refractivity contribution in [2.75, 3.05) is 18.5 Å². The Hall–Kier alpha value is -1.60. The maximum absolute atomic E-state index is 13.6. The molecule has 1 rings (SSSR count). The molecule has 2 N–H and O–H groups in total. The van der Waals surface area contributed by atoms with Crippen molar-refractivity contribution in [1.82, 2.24) is 0 Å². The Kier molecular flexibility index (Phi) is 4.27. The van der Waals surface area contributed by atoms with Gasteiger partial charge in [-0.2, -0.15) is 5.26 Å². The van der Waals surface area contributed by atoms with Gasteiger partial charge in [-0.15, -0.1) is 0 Å². The number of anilines is 1. The van der Waals surface area contributed by atoms with Crippen molar-refractivity contribution in [3.63, 3.8) is 0 Å². The Labute approximate surface area is 95.3 Å². The molecule has 0 fully saturated rings. The molecule has 0 radical (unpaired) electrons. The molecule has 0 aliphatic carbocycles. The van der Waals surface area contributed by atoms with E-state index < -0.39 is 0 Å². The van der Waals surface area contributed by atoms with E-state index in [0.717, 1.165) is 5.69 Å². The van der Waals surface area contributed by atoms with Crippen LogP contribution in [0.15, 0.2) is 18.2 Å². The number of hydrogen-bond donors (Lipinski definition) is 1. The predicted octanol–water partition coefficient (Wildman–Crippen LogP) is 2.20. The van der Waals surface area contributed by atoms with Gasteiger partial charge < -0.3 is 10.6 Å². The highest BCUT2D eigenvalue weighted by Gasteiger charge is 2.14. The molecular formula is C12H16FN3. The number of nitriles is 1. The van der Waals surface area contributed by atoms with Crippen LogP contribution in [-0.4, -0.2) is 13.6 Å². The fourth-order valence-electron chi connectivity index (χ4n) is 1.65. The molecular weight excluding hydrogens is 205 g/mol. The monoisotopic (exact) mass is 221 g/mol. The standard InChI is InChI=1S/C12H16FN3/c1-9(15)12-10(13)5-3-6-11(12)16(2)8-4-7-14/h3,5-6,9H,4,8,15H2,1-2H3/t9-/m1/s1. The fraction of sp³-hybridized carbons (Fsp3) is 0.417. The van der Waals surface area contributed by atoms with Crippen LogP contribution in [0.2, 0.25) is 0 Å². The topological polar surface area (TPSA) is 53.0 Å². The molecule has 0 aromatic heterocycles. The summed E-state index contributed by atoms with van der Waals surface area (Å²) in [5, 5.41) is 8.52. The minimum absolute atomic E-state index is 0.295. The number of nitrogens with two attached hydrogens (primary N) is 1. The van der Waals surface area contributed by atoms with Crippen LogP contribution in [0.3, 0.4) is 0 Å². The van der Waals surface area contributed by atoms with Gasteiger partial charge >= 0.3 is 0 Å². The van der Waals surface area contributed by atoms with Crippen LogP contribution in [-0.2, 0) is 0 Å². The molecule has 86 valence electrons. The molecule has 0 saturated carbocycles. The minimum atomic E-state index is -0.360. The van der Waals surface area contributed by atoms with E-state index in [-0.39, 0.29) is 11.9 Å². The Balaban J connectivity index is 3.03. The summed E-state index contributed by atoms with van der Waals surface area (Å²) < 4.78 is 13.6. The summed E-state index contributed by atoms with van der Waals surface area (Å²) in [6.45, 7) is 2.32. The third-order valence-electron chi connectivity index (χ3n) is 2.46. The van der Waals surface area contributed by atoms with E-state index in [1.807, 2.05) is 18.0 Å². The summed E-state index contributed by atoms with van der Waals surface area (Å²) in [6, 6.07) is 6.58. The Bertz CT molecular complexity index is 396. The van der Waals surface area contributed by atoms with E-state index in [1.54, 1.807) is 13.0 Å². The molecule has 16 heavy (non-hydrogen) atoms. The van der Waals surface area contributed by atoms with Crippen LogP contribution >= 0.6 is 0 Å². The molecule has 0 aliphatic heterocycles. The average molecular weight is 221 g/mol. The summed E-state index contributed by atoms with van der Waals surface area (Å²) in [5.74, 6) is -0.295. The third-order valence-corrected chi connectivity index (χ3v) is 2.46. The van der Waals surface area contributed by atoms with Crippen LogP contribution in [0, 0.1) is 17.1 Å². The van der Waals surface area contributed by atoms with Crippen molar-refractivity contribution in [1.29, 1.82) is 5.26 Å². The molecule has 0 saturated heterocycles. The predicted molar refractivity (Wildman–Crippen MR) is 62.5 cm³/mol. The van der Waals surface area contributed by atoms with E-state index in [9.17, 15) is 4.39 Å². The zero-order chi connectivity index (χ0) is 12.1. The van der Waals surface area contributed by atoms with Gasteiger partial charge in [-0.05, 0) is 19.1 Å². The number of nitrogens with zero attached hydrogens (tertiary/aromatic N) is 2. The largest absolute Gasteiger partial charge is 0.373 e. The van der Waals surface area contributed by atoms with Crippen molar-refractivity contribution in [2.24, 2.45) is 5.73 Å². The van der Waals surface area contributed by atoms with Crippen LogP contribution in [0.25, 0.3) is 0 Å². The maximum atomic E-state index is 13.6. The lowest BCUT2D eigenvalue weighted by Crippen LogP contribution is -2.22. The molecule has 0 spiro atoms. The van der Waals surface area contributed by atoms with Crippen molar-refractivity contribution in [2.45, 2.75) is 19.4 Å². The van der Waals surface area contributed by atoms with Gasteiger partial charge in [-0.3, -0.25) is 0 Å². The van der Waals surface area contributed by atoms with Crippen molar-refractivity contribution in [3.05, 3.63) is 29.6 Å². The molecule has 1 aromatic carbocycles. The van der Waals surface area contributed by atoms with Crippen molar-refractivity contribution < 1.29 is 4.39 Å². The van der Waals surface area contributed by atoms with E-state index in [4.69, 9.17) is 11.0 Å². The summed E-state index contributed by atoms with van der Waals surface area (Å²) in [6.07, 6.45) is 0.408. The number of halogens is 1. The van der Waals surface area contributed by atoms with E-state index in [2.05, 4.69) is 6.07 Å². The number of hydrogen-bond acceptors (Lipinski definition) is 3. The van der Waals surface area contributed by atoms with Crippen LogP contribution in [0.1, 0.15) is 24.9 Å². The molecule has 0 unspecified atom stereocenters. The first-order valence-electron chi connectivity index (χ1n) is 5.20. The Morgan fingerprint density at radius 2 is 2.25 bits per heavy atom. The molecule has 0 aliphatic rings. The minimum Gasteiger partial charge on any atom is -0.373 e. The van der Waals surface area contributed by atoms with Crippen LogP contribution < -0.4 is 10.6 Å². The normalized spacial score (nSPS) is 11.9. The third kappa shape index (κ3) is 2.71. The SMILES string of the molecule is C[C@@H](N)c1c(F)cccc1N(C)CCC#N. The molecule has 4 heteroatoms. The van der Waals surface area contributed by atoms with Crippen LogP contribution in [0.5, 0.6) is 0 Å². The second kappa shape index (κ2) is 5.47. The van der Waals surface area contributed by atoms with Gasteiger partial charge in [0.05, 0.1) is 12.5 Å². The molecule has 0 amide bonds. The highest BCUT2D eigenvalue weighted by atomic mass is 19.1. The second-order valence-electron chi connectivity index (χ2n) is 3.79. The zero-order valence-corrected chi connectivity index (χ0v) is 9.57. The van der Waals surface area contributed by atoms with Gasteiger partial charge in [0.25, 0.3) is 0 Å². The van der Waals surface area contributed by atoms with Gasteiger partial charge in [-0.25, -0.2) is 4.39 Å². The van der Waals surface area contributed by atoms with Gasteiger partial charge in [0, 0.05) is 30.9 Å². The summed E-state index contributed by atoms with van der Waals surface area (Å²) >= 11 is 0. The van der Waals surface area contributed by atoms with Gasteiger partial charge in [0.15, 0.2) is 0 Å². The smallest absolute Gasteiger partial charge is 0.130 e.